The number of nitrogens with one attached hydrogen (secondary N) is 1. The van der Waals surface area contributed by atoms with Crippen molar-refractivity contribution in [3.8, 4) is 5.75 Å². The Morgan fingerprint density at radius 1 is 1.30 bits per heavy atom. The van der Waals surface area contributed by atoms with Crippen molar-refractivity contribution in [2.24, 2.45) is 0 Å². The lowest BCUT2D eigenvalue weighted by Gasteiger charge is -2.12. The highest BCUT2D eigenvalue weighted by atomic mass is 35.5. The summed E-state index contributed by atoms with van der Waals surface area (Å²) in [5, 5.41) is 3.96. The molecule has 4 nitrogen and oxygen atoms in total. The number of nitrogens with zero attached hydrogens (tertiary/aromatic N) is 2. The van der Waals surface area contributed by atoms with Gasteiger partial charge < -0.3 is 10.1 Å². The van der Waals surface area contributed by atoms with Crippen LogP contribution in [-0.2, 0) is 13.0 Å². The van der Waals surface area contributed by atoms with Gasteiger partial charge in [-0.25, -0.2) is 9.97 Å². The fraction of sp³-hybridized carbons (Fsp3) is 0.333. The third kappa shape index (κ3) is 3.39. The summed E-state index contributed by atoms with van der Waals surface area (Å²) in [6.45, 7) is 4.52. The standard InChI is InChI=1S/C15H18ClN3O/c1-4-11-8-15(19-10(2)18-11)17-9-12-13(16)6-5-7-14(12)20-3/h5-8H,4,9H2,1-3H3,(H,17,18,19). The van der Waals surface area contributed by atoms with E-state index in [1.165, 1.54) is 0 Å². The summed E-state index contributed by atoms with van der Waals surface area (Å²) in [6.07, 6.45) is 0.882. The van der Waals surface area contributed by atoms with Gasteiger partial charge in [0.15, 0.2) is 0 Å². The maximum absolute atomic E-state index is 6.21. The molecule has 106 valence electrons. The Hall–Kier alpha value is -1.81. The van der Waals surface area contributed by atoms with Crippen molar-refractivity contribution >= 4 is 17.4 Å². The van der Waals surface area contributed by atoms with Crippen LogP contribution in [0.1, 0.15) is 24.0 Å². The topological polar surface area (TPSA) is 47.0 Å². The largest absolute Gasteiger partial charge is 0.496 e. The molecule has 1 heterocycles. The van der Waals surface area contributed by atoms with Gasteiger partial charge in [-0.05, 0) is 25.5 Å². The Morgan fingerprint density at radius 3 is 2.80 bits per heavy atom. The van der Waals surface area contributed by atoms with Gasteiger partial charge >= 0.3 is 0 Å². The minimum absolute atomic E-state index is 0.558. The van der Waals surface area contributed by atoms with Gasteiger partial charge in [-0.1, -0.05) is 24.6 Å². The van der Waals surface area contributed by atoms with Crippen LogP contribution in [0.15, 0.2) is 24.3 Å². The number of aryl methyl sites for hydroxylation is 2. The van der Waals surface area contributed by atoms with Crippen LogP contribution in [0, 0.1) is 6.92 Å². The number of rotatable bonds is 5. The van der Waals surface area contributed by atoms with E-state index < -0.39 is 0 Å². The van der Waals surface area contributed by atoms with E-state index in [0.717, 1.165) is 35.1 Å². The molecule has 0 saturated heterocycles. The van der Waals surface area contributed by atoms with Crippen LogP contribution in [0.5, 0.6) is 5.75 Å². The molecule has 1 aromatic carbocycles. The van der Waals surface area contributed by atoms with Crippen molar-refractivity contribution in [3.63, 3.8) is 0 Å². The van der Waals surface area contributed by atoms with Crippen LogP contribution in [0.25, 0.3) is 0 Å². The van der Waals surface area contributed by atoms with Crippen molar-refractivity contribution in [2.45, 2.75) is 26.8 Å². The first-order chi connectivity index (χ1) is 9.63. The first kappa shape index (κ1) is 14.6. The molecular formula is C15H18ClN3O. The van der Waals surface area contributed by atoms with Crippen molar-refractivity contribution in [2.75, 3.05) is 12.4 Å². The third-order valence-corrected chi connectivity index (χ3v) is 3.35. The highest BCUT2D eigenvalue weighted by Crippen LogP contribution is 2.26. The van der Waals surface area contributed by atoms with E-state index in [4.69, 9.17) is 16.3 Å². The van der Waals surface area contributed by atoms with Crippen LogP contribution in [-0.4, -0.2) is 17.1 Å². The maximum atomic E-state index is 6.21. The number of methoxy groups -OCH3 is 1. The summed E-state index contributed by atoms with van der Waals surface area (Å²) in [5.74, 6) is 2.33. The van der Waals surface area contributed by atoms with E-state index in [1.807, 2.05) is 31.2 Å². The quantitative estimate of drug-likeness (QED) is 0.914. The smallest absolute Gasteiger partial charge is 0.130 e. The molecule has 2 aromatic rings. The zero-order valence-corrected chi connectivity index (χ0v) is 12.7. The molecule has 0 aliphatic rings. The normalized spacial score (nSPS) is 10.4. The van der Waals surface area contributed by atoms with Crippen molar-refractivity contribution in [3.05, 3.63) is 46.4 Å². The first-order valence-corrected chi connectivity index (χ1v) is 6.91. The lowest BCUT2D eigenvalue weighted by molar-refractivity contribution is 0.410. The van der Waals surface area contributed by atoms with Gasteiger partial charge in [0, 0.05) is 28.9 Å². The SMILES string of the molecule is CCc1cc(NCc2c(Cl)cccc2OC)nc(C)n1. The number of anilines is 1. The maximum Gasteiger partial charge on any atom is 0.130 e. The molecular weight excluding hydrogens is 274 g/mol. The summed E-state index contributed by atoms with van der Waals surface area (Å²) in [7, 11) is 1.64. The second kappa shape index (κ2) is 6.57. The molecule has 0 fully saturated rings. The summed E-state index contributed by atoms with van der Waals surface area (Å²) < 4.78 is 5.33. The lowest BCUT2D eigenvalue weighted by Crippen LogP contribution is -2.06. The van der Waals surface area contributed by atoms with E-state index in [9.17, 15) is 0 Å². The second-order valence-corrected chi connectivity index (χ2v) is 4.83. The Balaban J connectivity index is 2.19. The van der Waals surface area contributed by atoms with Gasteiger partial charge in [0.25, 0.3) is 0 Å². The minimum Gasteiger partial charge on any atom is -0.496 e. The molecule has 1 aromatic heterocycles. The molecule has 20 heavy (non-hydrogen) atoms. The predicted octanol–water partition coefficient (Wildman–Crippen LogP) is 3.62. The highest BCUT2D eigenvalue weighted by Gasteiger charge is 2.08. The van der Waals surface area contributed by atoms with Gasteiger partial charge in [0.05, 0.1) is 7.11 Å². The van der Waals surface area contributed by atoms with Gasteiger partial charge in [-0.3, -0.25) is 0 Å². The van der Waals surface area contributed by atoms with E-state index in [1.54, 1.807) is 7.11 Å². The molecule has 1 N–H and O–H groups in total. The predicted molar refractivity (Wildman–Crippen MR) is 81.5 cm³/mol. The molecule has 0 unspecified atom stereocenters. The highest BCUT2D eigenvalue weighted by molar-refractivity contribution is 6.31. The summed E-state index contributed by atoms with van der Waals surface area (Å²) in [4.78, 5) is 8.73. The molecule has 0 bridgehead atoms. The fourth-order valence-electron chi connectivity index (χ4n) is 1.98. The Morgan fingerprint density at radius 2 is 2.10 bits per heavy atom. The van der Waals surface area contributed by atoms with Crippen LogP contribution in [0.4, 0.5) is 5.82 Å². The number of halogens is 1. The molecule has 2 rings (SSSR count). The van der Waals surface area contributed by atoms with Gasteiger partial charge in [0.2, 0.25) is 0 Å². The Kier molecular flexibility index (Phi) is 4.79. The van der Waals surface area contributed by atoms with Crippen LogP contribution >= 0.6 is 11.6 Å². The van der Waals surface area contributed by atoms with E-state index >= 15 is 0 Å². The number of hydrogen-bond donors (Lipinski definition) is 1. The average molecular weight is 292 g/mol. The van der Waals surface area contributed by atoms with Gasteiger partial charge in [0.1, 0.15) is 17.4 Å². The van der Waals surface area contributed by atoms with Crippen LogP contribution in [0.3, 0.4) is 0 Å². The van der Waals surface area contributed by atoms with Gasteiger partial charge in [-0.15, -0.1) is 0 Å². The van der Waals surface area contributed by atoms with Crippen LogP contribution < -0.4 is 10.1 Å². The fourth-order valence-corrected chi connectivity index (χ4v) is 2.21. The molecule has 0 aliphatic carbocycles. The molecule has 5 heteroatoms. The second-order valence-electron chi connectivity index (χ2n) is 4.42. The molecule has 0 atom stereocenters. The first-order valence-electron chi connectivity index (χ1n) is 6.53. The van der Waals surface area contributed by atoms with Crippen LogP contribution in [0.2, 0.25) is 5.02 Å². The summed E-state index contributed by atoms with van der Waals surface area (Å²) >= 11 is 6.21. The molecule has 0 amide bonds. The molecule has 0 saturated carbocycles. The Bertz CT molecular complexity index is 602. The molecule has 0 aliphatic heterocycles. The minimum atomic E-state index is 0.558. The number of benzene rings is 1. The van der Waals surface area contributed by atoms with Gasteiger partial charge in [-0.2, -0.15) is 0 Å². The number of hydrogen-bond acceptors (Lipinski definition) is 4. The van der Waals surface area contributed by atoms with E-state index in [2.05, 4.69) is 22.2 Å². The van der Waals surface area contributed by atoms with Crippen molar-refractivity contribution in [1.29, 1.82) is 0 Å². The van der Waals surface area contributed by atoms with Crippen molar-refractivity contribution in [1.82, 2.24) is 9.97 Å². The zero-order valence-electron chi connectivity index (χ0n) is 11.9. The molecule has 0 spiro atoms. The number of aromatic nitrogens is 2. The monoisotopic (exact) mass is 291 g/mol. The lowest BCUT2D eigenvalue weighted by atomic mass is 10.2. The van der Waals surface area contributed by atoms with E-state index in [-0.39, 0.29) is 0 Å². The number of ether oxygens (including phenoxy) is 1. The Labute approximate surface area is 124 Å². The zero-order chi connectivity index (χ0) is 14.5. The average Bonchev–Trinajstić information content (AvgIpc) is 2.45. The molecule has 0 radical (unpaired) electrons. The summed E-state index contributed by atoms with van der Waals surface area (Å²) in [6, 6.07) is 7.57. The van der Waals surface area contributed by atoms with E-state index in [0.29, 0.717) is 11.6 Å². The summed E-state index contributed by atoms with van der Waals surface area (Å²) in [5.41, 5.74) is 1.94. The van der Waals surface area contributed by atoms with Crippen molar-refractivity contribution < 1.29 is 4.74 Å². The third-order valence-electron chi connectivity index (χ3n) is 3.00.